The molecule has 0 spiro atoms. The molecule has 1 aromatic carbocycles. The number of thioether (sulfide) groups is 1. The largest absolute Gasteiger partial charge is 0.369 e. The summed E-state index contributed by atoms with van der Waals surface area (Å²) in [4.78, 5) is 8.72. The minimum absolute atomic E-state index is 0.439. The molecule has 0 fully saturated rings. The van der Waals surface area contributed by atoms with Crippen LogP contribution in [-0.2, 0) is 0 Å². The van der Waals surface area contributed by atoms with E-state index in [9.17, 15) is 0 Å². The van der Waals surface area contributed by atoms with Crippen molar-refractivity contribution in [3.8, 4) is 0 Å². The van der Waals surface area contributed by atoms with E-state index in [2.05, 4.69) is 27.0 Å². The molecule has 0 aliphatic carbocycles. The number of rotatable bonds is 8. The van der Waals surface area contributed by atoms with Crippen molar-refractivity contribution in [2.24, 2.45) is 5.84 Å². The Morgan fingerprint density at radius 3 is 2.80 bits per heavy atom. The van der Waals surface area contributed by atoms with Gasteiger partial charge in [-0.15, -0.1) is 0 Å². The van der Waals surface area contributed by atoms with E-state index in [1.54, 1.807) is 0 Å². The zero-order valence-electron chi connectivity index (χ0n) is 11.7. The summed E-state index contributed by atoms with van der Waals surface area (Å²) < 4.78 is 0. The van der Waals surface area contributed by atoms with Gasteiger partial charge < -0.3 is 5.32 Å². The van der Waals surface area contributed by atoms with Gasteiger partial charge in [0.15, 0.2) is 0 Å². The molecule has 0 saturated carbocycles. The molecule has 0 amide bonds. The normalized spacial score (nSPS) is 10.7. The van der Waals surface area contributed by atoms with Gasteiger partial charge in [-0.05, 0) is 37.0 Å². The van der Waals surface area contributed by atoms with Gasteiger partial charge in [-0.2, -0.15) is 16.7 Å². The van der Waals surface area contributed by atoms with E-state index in [4.69, 9.17) is 5.84 Å². The van der Waals surface area contributed by atoms with Crippen molar-refractivity contribution in [1.82, 2.24) is 9.97 Å². The van der Waals surface area contributed by atoms with Crippen LogP contribution in [0.4, 0.5) is 11.8 Å². The molecule has 2 rings (SSSR count). The first-order valence-corrected chi connectivity index (χ1v) is 8.20. The monoisotopic (exact) mass is 291 g/mol. The Hall–Kier alpha value is -1.53. The second-order valence-electron chi connectivity index (χ2n) is 4.54. The third-order valence-corrected chi connectivity index (χ3v) is 3.75. The van der Waals surface area contributed by atoms with E-state index >= 15 is 0 Å². The Labute approximate surface area is 123 Å². The van der Waals surface area contributed by atoms with Crippen molar-refractivity contribution in [1.29, 1.82) is 0 Å². The third-order valence-electron chi connectivity index (χ3n) is 3.05. The van der Waals surface area contributed by atoms with E-state index < -0.39 is 0 Å². The Morgan fingerprint density at radius 1 is 1.15 bits per heavy atom. The van der Waals surface area contributed by atoms with E-state index in [1.807, 2.05) is 36.0 Å². The maximum absolute atomic E-state index is 5.41. The third kappa shape index (κ3) is 3.98. The quantitative estimate of drug-likeness (QED) is 0.394. The lowest BCUT2D eigenvalue weighted by atomic mass is 10.2. The van der Waals surface area contributed by atoms with Crippen LogP contribution in [-0.4, -0.2) is 28.5 Å². The first-order valence-electron chi connectivity index (χ1n) is 6.81. The fourth-order valence-corrected chi connectivity index (χ4v) is 2.52. The van der Waals surface area contributed by atoms with E-state index in [0.717, 1.165) is 29.7 Å². The first-order chi connectivity index (χ1) is 9.85. The number of aromatic nitrogens is 2. The number of unbranched alkanes of at least 4 members (excludes halogenated alkanes) is 2. The predicted octanol–water partition coefficient (Wildman–Crippen LogP) is 2.86. The van der Waals surface area contributed by atoms with Crippen LogP contribution >= 0.6 is 11.8 Å². The zero-order chi connectivity index (χ0) is 14.2. The minimum atomic E-state index is 0.439. The van der Waals surface area contributed by atoms with Gasteiger partial charge in [-0.1, -0.05) is 18.6 Å². The lowest BCUT2D eigenvalue weighted by molar-refractivity contribution is 0.748. The SMILES string of the molecule is CSCCCCCNc1nc(NN)nc2ccccc12. The van der Waals surface area contributed by atoms with Gasteiger partial charge in [-0.3, -0.25) is 5.43 Å². The van der Waals surface area contributed by atoms with Crippen LogP contribution in [0, 0.1) is 0 Å². The molecule has 4 N–H and O–H groups in total. The van der Waals surface area contributed by atoms with Gasteiger partial charge in [0.1, 0.15) is 5.82 Å². The molecular weight excluding hydrogens is 270 g/mol. The van der Waals surface area contributed by atoms with Crippen LogP contribution in [0.15, 0.2) is 24.3 Å². The summed E-state index contributed by atoms with van der Waals surface area (Å²) in [7, 11) is 0. The highest BCUT2D eigenvalue weighted by Gasteiger charge is 2.05. The van der Waals surface area contributed by atoms with E-state index in [1.165, 1.54) is 18.6 Å². The molecule has 0 unspecified atom stereocenters. The Bertz CT molecular complexity index is 546. The van der Waals surface area contributed by atoms with Crippen molar-refractivity contribution >= 4 is 34.4 Å². The molecule has 0 saturated heterocycles. The van der Waals surface area contributed by atoms with Crippen molar-refractivity contribution in [2.75, 3.05) is 29.3 Å². The van der Waals surface area contributed by atoms with Gasteiger partial charge in [0.25, 0.3) is 0 Å². The van der Waals surface area contributed by atoms with Crippen molar-refractivity contribution < 1.29 is 0 Å². The van der Waals surface area contributed by atoms with Crippen LogP contribution in [0.5, 0.6) is 0 Å². The van der Waals surface area contributed by atoms with Gasteiger partial charge in [0.05, 0.1) is 5.52 Å². The summed E-state index contributed by atoms with van der Waals surface area (Å²) in [6, 6.07) is 7.93. The van der Waals surface area contributed by atoms with Gasteiger partial charge in [0, 0.05) is 11.9 Å². The number of nitrogens with two attached hydrogens (primary N) is 1. The lowest BCUT2D eigenvalue weighted by Crippen LogP contribution is -2.13. The molecule has 2 aromatic rings. The fourth-order valence-electron chi connectivity index (χ4n) is 2.03. The second kappa shape index (κ2) is 7.91. The van der Waals surface area contributed by atoms with Crippen molar-refractivity contribution in [3.63, 3.8) is 0 Å². The number of nitrogens with one attached hydrogen (secondary N) is 2. The number of hydrazine groups is 1. The smallest absolute Gasteiger partial charge is 0.239 e. The lowest BCUT2D eigenvalue weighted by Gasteiger charge is -2.10. The van der Waals surface area contributed by atoms with Crippen LogP contribution in [0.1, 0.15) is 19.3 Å². The maximum atomic E-state index is 5.41. The molecule has 0 atom stereocenters. The summed E-state index contributed by atoms with van der Waals surface area (Å²) in [6.07, 6.45) is 5.79. The second-order valence-corrected chi connectivity index (χ2v) is 5.52. The van der Waals surface area contributed by atoms with E-state index in [0.29, 0.717) is 5.95 Å². The first kappa shape index (κ1) is 14.9. The average molecular weight is 291 g/mol. The summed E-state index contributed by atoms with van der Waals surface area (Å²) >= 11 is 1.90. The number of anilines is 2. The Morgan fingerprint density at radius 2 is 2.00 bits per heavy atom. The molecule has 0 aliphatic heterocycles. The van der Waals surface area contributed by atoms with Crippen LogP contribution in [0.3, 0.4) is 0 Å². The summed E-state index contributed by atoms with van der Waals surface area (Å²) in [5.41, 5.74) is 3.40. The van der Waals surface area contributed by atoms with Crippen LogP contribution in [0.2, 0.25) is 0 Å². The Kier molecular flexibility index (Phi) is 5.88. The molecule has 20 heavy (non-hydrogen) atoms. The Balaban J connectivity index is 2.01. The highest BCUT2D eigenvalue weighted by atomic mass is 32.2. The highest BCUT2D eigenvalue weighted by Crippen LogP contribution is 2.21. The number of para-hydroxylation sites is 1. The summed E-state index contributed by atoms with van der Waals surface area (Å²) in [6.45, 7) is 0.916. The number of hydrogen-bond donors (Lipinski definition) is 3. The van der Waals surface area contributed by atoms with E-state index in [-0.39, 0.29) is 0 Å². The number of nitrogen functional groups attached to an aromatic ring is 1. The molecule has 0 radical (unpaired) electrons. The number of fused-ring (bicyclic) bond motifs is 1. The topological polar surface area (TPSA) is 75.9 Å². The molecule has 108 valence electrons. The van der Waals surface area contributed by atoms with Crippen molar-refractivity contribution in [3.05, 3.63) is 24.3 Å². The molecule has 5 nitrogen and oxygen atoms in total. The minimum Gasteiger partial charge on any atom is -0.369 e. The maximum Gasteiger partial charge on any atom is 0.239 e. The number of nitrogens with zero attached hydrogens (tertiary/aromatic N) is 2. The van der Waals surface area contributed by atoms with Gasteiger partial charge >= 0.3 is 0 Å². The standard InChI is InChI=1S/C14H21N5S/c1-20-10-6-2-5-9-16-13-11-7-3-4-8-12(11)17-14(18-13)19-15/h3-4,7-8H,2,5-6,9-10,15H2,1H3,(H2,16,17,18,19). The number of benzene rings is 1. The molecule has 1 aromatic heterocycles. The molecule has 6 heteroatoms. The fraction of sp³-hybridized carbons (Fsp3) is 0.429. The average Bonchev–Trinajstić information content (AvgIpc) is 2.50. The van der Waals surface area contributed by atoms with Crippen LogP contribution < -0.4 is 16.6 Å². The predicted molar refractivity (Wildman–Crippen MR) is 88.1 cm³/mol. The summed E-state index contributed by atoms with van der Waals surface area (Å²) in [5.74, 6) is 7.93. The summed E-state index contributed by atoms with van der Waals surface area (Å²) in [5, 5.41) is 4.41. The van der Waals surface area contributed by atoms with Crippen molar-refractivity contribution in [2.45, 2.75) is 19.3 Å². The zero-order valence-corrected chi connectivity index (χ0v) is 12.5. The molecule has 0 aliphatic rings. The molecule has 1 heterocycles. The van der Waals surface area contributed by atoms with Gasteiger partial charge in [-0.25, -0.2) is 10.8 Å². The molecular formula is C14H21N5S. The number of hydrogen-bond acceptors (Lipinski definition) is 6. The molecule has 0 bridgehead atoms. The van der Waals surface area contributed by atoms with Crippen LogP contribution in [0.25, 0.3) is 10.9 Å². The van der Waals surface area contributed by atoms with Gasteiger partial charge in [0.2, 0.25) is 5.95 Å². The highest BCUT2D eigenvalue weighted by molar-refractivity contribution is 7.98.